The molecule has 8 heteroatoms. The average Bonchev–Trinajstić information content (AvgIpc) is 3.00. The third-order valence-corrected chi connectivity index (χ3v) is 8.33. The molecule has 0 radical (unpaired) electrons. The number of aromatic nitrogens is 1. The molecule has 1 unspecified atom stereocenters. The lowest BCUT2D eigenvalue weighted by Crippen LogP contribution is -2.48. The molecule has 3 aromatic rings. The molecule has 0 aliphatic carbocycles. The minimum Gasteiger partial charge on any atom is -0.497 e. The van der Waals surface area contributed by atoms with Crippen LogP contribution < -0.4 is 20.3 Å². The molecule has 1 aliphatic rings. The molecule has 0 saturated carbocycles. The first-order valence-corrected chi connectivity index (χ1v) is 15.4. The highest BCUT2D eigenvalue weighted by Crippen LogP contribution is 2.28. The van der Waals surface area contributed by atoms with Gasteiger partial charge in [-0.15, -0.1) is 0 Å². The van der Waals surface area contributed by atoms with Crippen LogP contribution in [0.2, 0.25) is 0 Å². The molecular formula is C35H47N5O3. The van der Waals surface area contributed by atoms with E-state index in [1.807, 2.05) is 58.3 Å². The number of rotatable bonds is 12. The number of benzene rings is 2. The van der Waals surface area contributed by atoms with E-state index in [-0.39, 0.29) is 17.9 Å². The second-order valence-electron chi connectivity index (χ2n) is 12.0. The van der Waals surface area contributed by atoms with E-state index in [1.54, 1.807) is 19.2 Å². The van der Waals surface area contributed by atoms with Crippen molar-refractivity contribution in [3.05, 3.63) is 88.7 Å². The van der Waals surface area contributed by atoms with Gasteiger partial charge in [-0.3, -0.25) is 14.6 Å². The van der Waals surface area contributed by atoms with Crippen LogP contribution in [0.25, 0.3) is 0 Å². The Balaban J connectivity index is 1.31. The Hall–Kier alpha value is -3.91. The summed E-state index contributed by atoms with van der Waals surface area (Å²) in [5.74, 6) is 0.661. The highest BCUT2D eigenvalue weighted by atomic mass is 16.5. The molecule has 8 nitrogen and oxygen atoms in total. The van der Waals surface area contributed by atoms with Gasteiger partial charge in [-0.25, -0.2) is 0 Å². The molecule has 1 aliphatic heterocycles. The summed E-state index contributed by atoms with van der Waals surface area (Å²) in [7, 11) is 1.69. The Kier molecular flexibility index (Phi) is 11.2. The molecular weight excluding hydrogens is 538 g/mol. The van der Waals surface area contributed by atoms with E-state index in [2.05, 4.69) is 50.5 Å². The second kappa shape index (κ2) is 15.0. The van der Waals surface area contributed by atoms with Crippen LogP contribution in [0.1, 0.15) is 77.4 Å². The van der Waals surface area contributed by atoms with Gasteiger partial charge in [-0.1, -0.05) is 6.07 Å². The monoisotopic (exact) mass is 585 g/mol. The fourth-order valence-corrected chi connectivity index (χ4v) is 6.00. The lowest BCUT2D eigenvalue weighted by atomic mass is 9.98. The van der Waals surface area contributed by atoms with Crippen molar-refractivity contribution in [2.75, 3.05) is 31.6 Å². The number of carbonyl (C=O) groups excluding carboxylic acids is 2. The maximum Gasteiger partial charge on any atom is 0.251 e. The van der Waals surface area contributed by atoms with E-state index in [1.165, 1.54) is 11.3 Å². The molecule has 2 heterocycles. The van der Waals surface area contributed by atoms with Gasteiger partial charge in [-0.05, 0) is 113 Å². The van der Waals surface area contributed by atoms with Crippen LogP contribution in [0, 0.1) is 13.8 Å². The zero-order valence-electron chi connectivity index (χ0n) is 26.5. The molecule has 2 N–H and O–H groups in total. The number of nitrogens with zero attached hydrogens (tertiary/aromatic N) is 3. The number of carbonyl (C=O) groups is 2. The summed E-state index contributed by atoms with van der Waals surface area (Å²) < 4.78 is 5.39. The number of piperidine rings is 1. The molecule has 2 amide bonds. The van der Waals surface area contributed by atoms with E-state index in [9.17, 15) is 9.59 Å². The van der Waals surface area contributed by atoms with Crippen molar-refractivity contribution in [1.29, 1.82) is 0 Å². The first-order valence-electron chi connectivity index (χ1n) is 15.4. The molecule has 1 fully saturated rings. The normalized spacial score (nSPS) is 14.8. The van der Waals surface area contributed by atoms with Gasteiger partial charge < -0.3 is 25.2 Å². The number of methoxy groups -OCH3 is 1. The van der Waals surface area contributed by atoms with Gasteiger partial charge in [0.25, 0.3) is 11.8 Å². The number of likely N-dealkylation sites (tertiary alicyclic amines) is 1. The summed E-state index contributed by atoms with van der Waals surface area (Å²) in [5.41, 5.74) is 5.26. The van der Waals surface area contributed by atoms with Gasteiger partial charge in [0, 0.05) is 73.5 Å². The molecule has 4 rings (SSSR count). The lowest BCUT2D eigenvalue weighted by molar-refractivity contribution is 0.0930. The number of hydrogen-bond acceptors (Lipinski definition) is 6. The molecule has 43 heavy (non-hydrogen) atoms. The highest BCUT2D eigenvalue weighted by molar-refractivity contribution is 6.00. The minimum absolute atomic E-state index is 0.0584. The highest BCUT2D eigenvalue weighted by Gasteiger charge is 2.27. The molecule has 1 atom stereocenters. The third-order valence-electron chi connectivity index (χ3n) is 8.33. The van der Waals surface area contributed by atoms with Crippen LogP contribution in [-0.2, 0) is 6.54 Å². The summed E-state index contributed by atoms with van der Waals surface area (Å²) in [6.07, 6.45) is 6.77. The van der Waals surface area contributed by atoms with Crippen molar-refractivity contribution >= 4 is 17.5 Å². The number of hydrogen-bond donors (Lipinski definition) is 2. The summed E-state index contributed by atoms with van der Waals surface area (Å²) in [6, 6.07) is 16.9. The van der Waals surface area contributed by atoms with Gasteiger partial charge in [0.15, 0.2) is 0 Å². The number of pyridine rings is 1. The SMILES string of the molecule is COc1ccc(N(Cc2cccnc2)C2CCN(C(C)CCNC(=O)c3c(C)cc(C(=O)NC(C)C)cc3C)CC2)cc1. The van der Waals surface area contributed by atoms with Crippen LogP contribution >= 0.6 is 0 Å². The Morgan fingerprint density at radius 1 is 1.02 bits per heavy atom. The first-order chi connectivity index (χ1) is 20.7. The molecule has 0 spiro atoms. The second-order valence-corrected chi connectivity index (χ2v) is 12.0. The van der Waals surface area contributed by atoms with Crippen molar-refractivity contribution in [3.8, 4) is 5.75 Å². The molecule has 2 aromatic carbocycles. The smallest absolute Gasteiger partial charge is 0.251 e. The average molecular weight is 586 g/mol. The van der Waals surface area contributed by atoms with Crippen LogP contribution in [0.15, 0.2) is 60.9 Å². The summed E-state index contributed by atoms with van der Waals surface area (Å²) in [4.78, 5) is 34.9. The summed E-state index contributed by atoms with van der Waals surface area (Å²) in [5, 5.41) is 6.04. The Morgan fingerprint density at radius 2 is 1.70 bits per heavy atom. The Labute approximate surface area is 256 Å². The summed E-state index contributed by atoms with van der Waals surface area (Å²) in [6.45, 7) is 13.3. The van der Waals surface area contributed by atoms with Crippen molar-refractivity contribution in [3.63, 3.8) is 0 Å². The van der Waals surface area contributed by atoms with Crippen LogP contribution in [0.5, 0.6) is 5.75 Å². The number of aryl methyl sites for hydroxylation is 2. The van der Waals surface area contributed by atoms with E-state index in [0.717, 1.165) is 55.8 Å². The van der Waals surface area contributed by atoms with E-state index >= 15 is 0 Å². The lowest BCUT2D eigenvalue weighted by Gasteiger charge is -2.42. The Bertz CT molecular complexity index is 1330. The van der Waals surface area contributed by atoms with Crippen molar-refractivity contribution in [2.24, 2.45) is 0 Å². The van der Waals surface area contributed by atoms with E-state index in [0.29, 0.717) is 29.8 Å². The quantitative estimate of drug-likeness (QED) is 0.291. The maximum atomic E-state index is 13.1. The van der Waals surface area contributed by atoms with Gasteiger partial charge in [0.05, 0.1) is 7.11 Å². The number of amides is 2. The van der Waals surface area contributed by atoms with Gasteiger partial charge in [0.2, 0.25) is 0 Å². The minimum atomic E-state index is -0.116. The Morgan fingerprint density at radius 3 is 2.28 bits per heavy atom. The van der Waals surface area contributed by atoms with Crippen molar-refractivity contribution < 1.29 is 14.3 Å². The van der Waals surface area contributed by atoms with Crippen molar-refractivity contribution in [2.45, 2.75) is 78.6 Å². The van der Waals surface area contributed by atoms with Crippen molar-refractivity contribution in [1.82, 2.24) is 20.5 Å². The van der Waals surface area contributed by atoms with Crippen LogP contribution in [0.4, 0.5) is 5.69 Å². The number of ether oxygens (including phenoxy) is 1. The number of anilines is 1. The first kappa shape index (κ1) is 32.0. The van der Waals surface area contributed by atoms with E-state index in [4.69, 9.17) is 4.74 Å². The zero-order valence-corrected chi connectivity index (χ0v) is 26.5. The standard InChI is InChI=1S/C35H47N5O3/c1-24(2)38-34(41)29-20-25(3)33(26(4)21-29)35(42)37-17-13-27(5)39-18-14-31(15-19-39)40(23-28-8-7-16-36-22-28)30-9-11-32(43-6)12-10-30/h7-12,16,20-22,24,27,31H,13-15,17-19,23H2,1-6H3,(H,37,42)(H,38,41). The fourth-order valence-electron chi connectivity index (χ4n) is 6.00. The molecule has 1 saturated heterocycles. The van der Waals surface area contributed by atoms with Gasteiger partial charge in [-0.2, -0.15) is 0 Å². The van der Waals surface area contributed by atoms with Gasteiger partial charge in [0.1, 0.15) is 5.75 Å². The summed E-state index contributed by atoms with van der Waals surface area (Å²) >= 11 is 0. The fraction of sp³-hybridized carbons (Fsp3) is 0.457. The molecule has 0 bridgehead atoms. The molecule has 1 aromatic heterocycles. The third kappa shape index (κ3) is 8.57. The molecule has 230 valence electrons. The van der Waals surface area contributed by atoms with Crippen LogP contribution in [-0.4, -0.2) is 66.6 Å². The zero-order chi connectivity index (χ0) is 30.9. The largest absolute Gasteiger partial charge is 0.497 e. The predicted molar refractivity (Wildman–Crippen MR) is 173 cm³/mol. The predicted octanol–water partition coefficient (Wildman–Crippen LogP) is 5.52. The van der Waals surface area contributed by atoms with Crippen LogP contribution in [0.3, 0.4) is 0 Å². The maximum absolute atomic E-state index is 13.1. The van der Waals surface area contributed by atoms with E-state index < -0.39 is 0 Å². The number of nitrogens with one attached hydrogen (secondary N) is 2. The topological polar surface area (TPSA) is 86.8 Å². The van der Waals surface area contributed by atoms with Gasteiger partial charge >= 0.3 is 0 Å².